The van der Waals surface area contributed by atoms with Crippen molar-refractivity contribution >= 4 is 29.6 Å². The largest absolute Gasteiger partial charge is 0.548 e. The Kier molecular flexibility index (Phi) is 2.46. The summed E-state index contributed by atoms with van der Waals surface area (Å²) in [6, 6.07) is -1.14. The van der Waals surface area contributed by atoms with Crippen molar-refractivity contribution in [2.45, 2.75) is 30.0 Å². The number of hydrogen-bond acceptors (Lipinski definition) is 6. The predicted octanol–water partition coefficient (Wildman–Crippen LogP) is -2.53. The smallest absolute Gasteiger partial charge is 0.248 e. The second-order valence-corrected chi connectivity index (χ2v) is 6.16. The monoisotopic (exact) mass is 255 g/mol. The molecule has 92 valence electrons. The van der Waals surface area contributed by atoms with E-state index in [-0.39, 0.29) is 5.57 Å². The molecule has 0 radical (unpaired) electrons. The fourth-order valence-corrected chi connectivity index (χ4v) is 3.72. The molecule has 17 heavy (non-hydrogen) atoms. The molecule has 7 heteroatoms. The molecule has 0 saturated carbocycles. The fourth-order valence-electron chi connectivity index (χ4n) is 2.17. The van der Waals surface area contributed by atoms with Crippen LogP contribution in [-0.2, 0) is 14.4 Å². The number of carbonyl (C=O) groups is 3. The molecule has 0 unspecified atom stereocenters. The van der Waals surface area contributed by atoms with Crippen molar-refractivity contribution in [2.75, 3.05) is 0 Å². The second-order valence-electron chi connectivity index (χ2n) is 4.43. The van der Waals surface area contributed by atoms with Gasteiger partial charge in [0.05, 0.1) is 18.0 Å². The molecule has 0 aliphatic carbocycles. The third-order valence-corrected chi connectivity index (χ3v) is 4.40. The standard InChI is InChI=1S/C10H11NO5S/c1-10(2)6(9(15)16)11-5(12)3-4(8(13)14)7(11)17-10/h3,6-7H,1-2H3,(H,13,14)(H,15,16)/p-2/t6-,7+/m0/s1. The fraction of sp³-hybridized carbons (Fsp3) is 0.500. The van der Waals surface area contributed by atoms with Gasteiger partial charge >= 0.3 is 0 Å². The molecule has 0 bridgehead atoms. The molecule has 0 aromatic carbocycles. The first-order valence-electron chi connectivity index (χ1n) is 4.89. The number of carboxylic acid groups (broad SMARTS) is 2. The number of carbonyl (C=O) groups excluding carboxylic acids is 3. The lowest BCUT2D eigenvalue weighted by molar-refractivity contribution is -0.312. The highest BCUT2D eigenvalue weighted by Crippen LogP contribution is 2.49. The first-order valence-corrected chi connectivity index (χ1v) is 5.77. The van der Waals surface area contributed by atoms with Gasteiger partial charge in [-0.25, -0.2) is 0 Å². The van der Waals surface area contributed by atoms with Gasteiger partial charge < -0.3 is 24.7 Å². The molecule has 0 N–H and O–H groups in total. The number of aliphatic carboxylic acids is 2. The molecule has 1 saturated heterocycles. The topological polar surface area (TPSA) is 101 Å². The van der Waals surface area contributed by atoms with Crippen molar-refractivity contribution < 1.29 is 24.6 Å². The Morgan fingerprint density at radius 1 is 1.41 bits per heavy atom. The molecule has 2 rings (SSSR count). The molecule has 2 atom stereocenters. The normalized spacial score (nSPS) is 30.1. The first kappa shape index (κ1) is 12.0. The van der Waals surface area contributed by atoms with Crippen molar-refractivity contribution in [1.29, 1.82) is 0 Å². The van der Waals surface area contributed by atoms with E-state index in [1.54, 1.807) is 13.8 Å². The van der Waals surface area contributed by atoms with Crippen LogP contribution in [0.5, 0.6) is 0 Å². The van der Waals surface area contributed by atoms with E-state index in [1.165, 1.54) is 0 Å². The first-order chi connectivity index (χ1) is 7.75. The van der Waals surface area contributed by atoms with E-state index in [2.05, 4.69) is 0 Å². The summed E-state index contributed by atoms with van der Waals surface area (Å²) in [6.45, 7) is 3.27. The van der Waals surface area contributed by atoms with Gasteiger partial charge in [0.25, 0.3) is 0 Å². The van der Waals surface area contributed by atoms with Crippen molar-refractivity contribution in [3.63, 3.8) is 0 Å². The molecule has 2 aliphatic heterocycles. The lowest BCUT2D eigenvalue weighted by Crippen LogP contribution is -2.54. The van der Waals surface area contributed by atoms with Crippen LogP contribution < -0.4 is 10.2 Å². The minimum Gasteiger partial charge on any atom is -0.548 e. The lowest BCUT2D eigenvalue weighted by atomic mass is 10.0. The van der Waals surface area contributed by atoms with Crippen LogP contribution in [0.1, 0.15) is 13.8 Å². The quantitative estimate of drug-likeness (QED) is 0.539. The zero-order valence-electron chi connectivity index (χ0n) is 9.13. The average Bonchev–Trinajstić information content (AvgIpc) is 2.59. The Labute approximate surface area is 101 Å². The maximum Gasteiger partial charge on any atom is 0.248 e. The minimum absolute atomic E-state index is 0.183. The highest BCUT2D eigenvalue weighted by molar-refractivity contribution is 8.01. The van der Waals surface area contributed by atoms with Crippen LogP contribution in [0, 0.1) is 0 Å². The maximum absolute atomic E-state index is 11.6. The minimum atomic E-state index is -1.45. The molecule has 2 aliphatic rings. The lowest BCUT2D eigenvalue weighted by Gasteiger charge is -2.31. The van der Waals surface area contributed by atoms with Crippen LogP contribution in [0.15, 0.2) is 11.6 Å². The number of amides is 1. The summed E-state index contributed by atoms with van der Waals surface area (Å²) in [6.07, 6.45) is 0.915. The summed E-state index contributed by atoms with van der Waals surface area (Å²) < 4.78 is -0.797. The zero-order chi connectivity index (χ0) is 13.0. The van der Waals surface area contributed by atoms with Crippen LogP contribution in [-0.4, -0.2) is 38.9 Å². The Morgan fingerprint density at radius 3 is 2.47 bits per heavy atom. The van der Waals surface area contributed by atoms with E-state index in [0.717, 1.165) is 22.7 Å². The van der Waals surface area contributed by atoms with Crippen molar-refractivity contribution in [1.82, 2.24) is 4.90 Å². The predicted molar refractivity (Wildman–Crippen MR) is 54.2 cm³/mol. The third kappa shape index (κ3) is 1.61. The molecule has 0 aromatic rings. The molecule has 0 aromatic heterocycles. The van der Waals surface area contributed by atoms with Gasteiger partial charge in [0.1, 0.15) is 5.37 Å². The van der Waals surface area contributed by atoms with Crippen LogP contribution in [0.2, 0.25) is 0 Å². The second kappa shape index (κ2) is 3.49. The zero-order valence-corrected chi connectivity index (χ0v) is 9.95. The number of fused-ring (bicyclic) bond motifs is 1. The van der Waals surface area contributed by atoms with Crippen molar-refractivity contribution in [3.05, 3.63) is 11.6 Å². The molecule has 2 heterocycles. The van der Waals surface area contributed by atoms with Gasteiger partial charge in [0, 0.05) is 16.4 Å². The Balaban J connectivity index is 2.43. The Morgan fingerprint density at radius 2 is 2.00 bits per heavy atom. The number of hydrogen-bond donors (Lipinski definition) is 0. The van der Waals surface area contributed by atoms with E-state index < -0.39 is 34.0 Å². The van der Waals surface area contributed by atoms with E-state index in [0.29, 0.717) is 0 Å². The molecule has 1 fully saturated rings. The average molecular weight is 255 g/mol. The number of nitrogens with zero attached hydrogens (tertiary/aromatic N) is 1. The van der Waals surface area contributed by atoms with Gasteiger partial charge in [-0.05, 0) is 13.8 Å². The summed E-state index contributed by atoms with van der Waals surface area (Å²) in [5.74, 6) is -3.46. The van der Waals surface area contributed by atoms with Gasteiger partial charge in [-0.2, -0.15) is 0 Å². The van der Waals surface area contributed by atoms with Gasteiger partial charge in [-0.15, -0.1) is 11.8 Å². The van der Waals surface area contributed by atoms with Gasteiger partial charge in [-0.3, -0.25) is 4.79 Å². The number of carboxylic acids is 2. The van der Waals surface area contributed by atoms with Gasteiger partial charge in [-0.1, -0.05) is 0 Å². The van der Waals surface area contributed by atoms with Crippen LogP contribution in [0.4, 0.5) is 0 Å². The molecule has 1 amide bonds. The van der Waals surface area contributed by atoms with Crippen LogP contribution in [0.25, 0.3) is 0 Å². The van der Waals surface area contributed by atoms with Crippen molar-refractivity contribution in [3.8, 4) is 0 Å². The summed E-state index contributed by atoms with van der Waals surface area (Å²) >= 11 is 1.11. The van der Waals surface area contributed by atoms with Crippen molar-refractivity contribution in [2.24, 2.45) is 0 Å². The van der Waals surface area contributed by atoms with E-state index >= 15 is 0 Å². The molecular weight excluding hydrogens is 246 g/mol. The van der Waals surface area contributed by atoms with Crippen LogP contribution >= 0.6 is 11.8 Å². The summed E-state index contributed by atoms with van der Waals surface area (Å²) in [5, 5.41) is 21.1. The summed E-state index contributed by atoms with van der Waals surface area (Å²) in [4.78, 5) is 34.6. The Bertz CT molecular complexity index is 456. The molecular formula is C10H9NO5S-2. The molecule has 6 nitrogen and oxygen atoms in total. The van der Waals surface area contributed by atoms with E-state index in [9.17, 15) is 24.6 Å². The highest BCUT2D eigenvalue weighted by Gasteiger charge is 2.53. The van der Waals surface area contributed by atoms with E-state index in [4.69, 9.17) is 0 Å². The highest BCUT2D eigenvalue weighted by atomic mass is 32.2. The number of thioether (sulfide) groups is 1. The third-order valence-electron chi connectivity index (χ3n) is 2.86. The van der Waals surface area contributed by atoms with Crippen LogP contribution in [0.3, 0.4) is 0 Å². The SMILES string of the molecule is CC1(C)S[C@@H]2C(C(=O)[O-])=CC(=O)N2[C@H]1C(=O)[O-]. The summed E-state index contributed by atoms with van der Waals surface area (Å²) in [5.41, 5.74) is -0.183. The summed E-state index contributed by atoms with van der Waals surface area (Å²) in [7, 11) is 0. The maximum atomic E-state index is 11.6. The number of rotatable bonds is 2. The Hall–Kier alpha value is -1.50. The van der Waals surface area contributed by atoms with Gasteiger partial charge in [0.15, 0.2) is 0 Å². The molecule has 0 spiro atoms. The van der Waals surface area contributed by atoms with Gasteiger partial charge in [0.2, 0.25) is 5.91 Å². The van der Waals surface area contributed by atoms with E-state index in [1.807, 2.05) is 0 Å².